The van der Waals surface area contributed by atoms with Crippen molar-refractivity contribution in [2.75, 3.05) is 6.54 Å². The average molecular weight is 428 g/mol. The van der Waals surface area contributed by atoms with Crippen LogP contribution in [0.1, 0.15) is 25.0 Å². The maximum Gasteiger partial charge on any atom is 0.326 e. The van der Waals surface area contributed by atoms with Gasteiger partial charge in [0.05, 0.1) is 11.0 Å². The summed E-state index contributed by atoms with van der Waals surface area (Å²) in [6, 6.07) is 17.4. The van der Waals surface area contributed by atoms with E-state index in [1.165, 1.54) is 16.7 Å². The molecule has 7 heteroatoms. The van der Waals surface area contributed by atoms with Gasteiger partial charge in [-0.2, -0.15) is 0 Å². The van der Waals surface area contributed by atoms with E-state index >= 15 is 0 Å². The number of thioether (sulfide) groups is 1. The third kappa shape index (κ3) is 5.92. The lowest BCUT2D eigenvalue weighted by Gasteiger charge is -2.14. The topological polar surface area (TPSA) is 55.8 Å². The lowest BCUT2D eigenvalue weighted by molar-refractivity contribution is -0.149. The lowest BCUT2D eigenvalue weighted by atomic mass is 10.2. The van der Waals surface area contributed by atoms with Crippen LogP contribution in [0, 0.1) is 0 Å². The van der Waals surface area contributed by atoms with Crippen molar-refractivity contribution >= 4 is 46.3 Å². The molecule has 1 amide bonds. The van der Waals surface area contributed by atoms with Crippen molar-refractivity contribution in [1.29, 1.82) is 0 Å². The van der Waals surface area contributed by atoms with E-state index in [2.05, 4.69) is 0 Å². The second kappa shape index (κ2) is 9.71. The molecule has 1 saturated heterocycles. The van der Waals surface area contributed by atoms with Gasteiger partial charge in [0, 0.05) is 0 Å². The minimum absolute atomic E-state index is 0.174. The summed E-state index contributed by atoms with van der Waals surface area (Å²) < 4.78 is 11.2. The molecule has 150 valence electrons. The minimum atomic E-state index is -0.475. The Balaban J connectivity index is 1.61. The summed E-state index contributed by atoms with van der Waals surface area (Å²) in [6.45, 7) is 3.84. The predicted molar refractivity (Wildman–Crippen MR) is 118 cm³/mol. The number of carbonyl (C=O) groups excluding carboxylic acids is 2. The molecule has 0 unspecified atom stereocenters. The Bertz CT molecular complexity index is 924. The van der Waals surface area contributed by atoms with Crippen LogP contribution in [0.3, 0.4) is 0 Å². The van der Waals surface area contributed by atoms with E-state index in [-0.39, 0.29) is 18.6 Å². The third-order valence-electron chi connectivity index (χ3n) is 3.95. The predicted octanol–water partition coefficient (Wildman–Crippen LogP) is 4.42. The van der Waals surface area contributed by atoms with Crippen molar-refractivity contribution < 1.29 is 19.1 Å². The standard InChI is InChI=1S/C22H21NO4S2/c1-15(2)27-20(24)13-23-21(25)19(29-22(23)28)12-16-8-10-18(11-9-16)26-14-17-6-4-3-5-7-17/h3-12,15H,13-14H2,1-2H3. The van der Waals surface area contributed by atoms with E-state index in [4.69, 9.17) is 21.7 Å². The van der Waals surface area contributed by atoms with Gasteiger partial charge in [0.15, 0.2) is 0 Å². The first-order chi connectivity index (χ1) is 13.9. The zero-order chi connectivity index (χ0) is 20.8. The zero-order valence-corrected chi connectivity index (χ0v) is 17.8. The molecule has 1 aliphatic heterocycles. The molecule has 5 nitrogen and oxygen atoms in total. The summed E-state index contributed by atoms with van der Waals surface area (Å²) in [5.74, 6) is -0.0161. The van der Waals surface area contributed by atoms with Crippen molar-refractivity contribution in [3.8, 4) is 5.75 Å². The van der Waals surface area contributed by atoms with Crippen LogP contribution in [-0.2, 0) is 20.9 Å². The Labute approximate surface area is 179 Å². The van der Waals surface area contributed by atoms with E-state index in [0.29, 0.717) is 15.8 Å². The molecule has 29 heavy (non-hydrogen) atoms. The van der Waals surface area contributed by atoms with Gasteiger partial charge < -0.3 is 9.47 Å². The third-order valence-corrected chi connectivity index (χ3v) is 5.33. The zero-order valence-electron chi connectivity index (χ0n) is 16.2. The highest BCUT2D eigenvalue weighted by atomic mass is 32.2. The van der Waals surface area contributed by atoms with E-state index in [0.717, 1.165) is 16.9 Å². The van der Waals surface area contributed by atoms with Crippen LogP contribution in [0.2, 0.25) is 0 Å². The molecule has 1 heterocycles. The van der Waals surface area contributed by atoms with Crippen LogP contribution >= 0.6 is 24.0 Å². The Morgan fingerprint density at radius 1 is 1.14 bits per heavy atom. The van der Waals surface area contributed by atoms with Gasteiger partial charge in [-0.1, -0.05) is 66.4 Å². The fourth-order valence-electron chi connectivity index (χ4n) is 2.62. The highest BCUT2D eigenvalue weighted by Crippen LogP contribution is 2.32. The SMILES string of the molecule is CC(C)OC(=O)CN1C(=O)C(=Cc2ccc(OCc3ccccc3)cc2)SC1=S. The molecule has 2 aromatic carbocycles. The Morgan fingerprint density at radius 3 is 2.48 bits per heavy atom. The highest BCUT2D eigenvalue weighted by Gasteiger charge is 2.33. The van der Waals surface area contributed by atoms with Gasteiger partial charge in [-0.3, -0.25) is 14.5 Å². The maximum absolute atomic E-state index is 12.6. The monoisotopic (exact) mass is 427 g/mol. The summed E-state index contributed by atoms with van der Waals surface area (Å²) >= 11 is 6.42. The molecular formula is C22H21NO4S2. The quantitative estimate of drug-likeness (QED) is 0.370. The molecule has 0 spiro atoms. The van der Waals surface area contributed by atoms with Crippen LogP contribution < -0.4 is 4.74 Å². The number of benzene rings is 2. The first-order valence-corrected chi connectivity index (χ1v) is 10.4. The van der Waals surface area contributed by atoms with Gasteiger partial charge in [-0.15, -0.1) is 0 Å². The molecule has 0 aromatic heterocycles. The molecule has 0 N–H and O–H groups in total. The number of amides is 1. The van der Waals surface area contributed by atoms with Crippen LogP contribution in [0.5, 0.6) is 5.75 Å². The second-order valence-corrected chi connectivity index (χ2v) is 8.33. The summed E-state index contributed by atoms with van der Waals surface area (Å²) in [4.78, 5) is 26.2. The number of carbonyl (C=O) groups is 2. The molecule has 0 saturated carbocycles. The molecular weight excluding hydrogens is 406 g/mol. The van der Waals surface area contributed by atoms with Crippen LogP contribution in [0.4, 0.5) is 0 Å². The number of hydrogen-bond acceptors (Lipinski definition) is 6. The molecule has 0 atom stereocenters. The van der Waals surface area contributed by atoms with Crippen LogP contribution in [0.25, 0.3) is 6.08 Å². The van der Waals surface area contributed by atoms with Crippen molar-refractivity contribution in [3.05, 3.63) is 70.6 Å². The smallest absolute Gasteiger partial charge is 0.326 e. The molecule has 0 aliphatic carbocycles. The van der Waals surface area contributed by atoms with Gasteiger partial charge in [0.2, 0.25) is 0 Å². The Kier molecular flexibility index (Phi) is 7.06. The number of thiocarbonyl (C=S) groups is 1. The molecule has 3 rings (SSSR count). The molecule has 1 aliphatic rings. The number of hydrogen-bond donors (Lipinski definition) is 0. The number of ether oxygens (including phenoxy) is 2. The Hall–Kier alpha value is -2.64. The summed E-state index contributed by atoms with van der Waals surface area (Å²) in [5, 5.41) is 0. The van der Waals surface area contributed by atoms with Gasteiger partial charge in [0.1, 0.15) is 23.2 Å². The van der Waals surface area contributed by atoms with E-state index in [1.54, 1.807) is 19.9 Å². The summed E-state index contributed by atoms with van der Waals surface area (Å²) in [6.07, 6.45) is 1.52. The highest BCUT2D eigenvalue weighted by molar-refractivity contribution is 8.26. The molecule has 2 aromatic rings. The van der Waals surface area contributed by atoms with Gasteiger partial charge in [0.25, 0.3) is 5.91 Å². The first kappa shape index (κ1) is 21.1. The fourth-order valence-corrected chi connectivity index (χ4v) is 3.87. The summed E-state index contributed by atoms with van der Waals surface area (Å²) in [7, 11) is 0. The summed E-state index contributed by atoms with van der Waals surface area (Å²) in [5.41, 5.74) is 1.94. The van der Waals surface area contributed by atoms with E-state index in [9.17, 15) is 9.59 Å². The van der Waals surface area contributed by atoms with Crippen molar-refractivity contribution in [2.24, 2.45) is 0 Å². The van der Waals surface area contributed by atoms with E-state index < -0.39 is 5.97 Å². The Morgan fingerprint density at radius 2 is 1.83 bits per heavy atom. The number of esters is 1. The van der Waals surface area contributed by atoms with Crippen LogP contribution in [0.15, 0.2) is 59.5 Å². The van der Waals surface area contributed by atoms with Crippen LogP contribution in [-0.4, -0.2) is 33.7 Å². The van der Waals surface area contributed by atoms with E-state index in [1.807, 2.05) is 54.6 Å². The number of rotatable bonds is 7. The van der Waals surface area contributed by atoms with Crippen molar-refractivity contribution in [3.63, 3.8) is 0 Å². The maximum atomic E-state index is 12.6. The molecule has 0 radical (unpaired) electrons. The normalized spacial score (nSPS) is 15.3. The van der Waals surface area contributed by atoms with Gasteiger partial charge in [-0.05, 0) is 43.2 Å². The average Bonchev–Trinajstić information content (AvgIpc) is 2.95. The number of nitrogens with zero attached hydrogens (tertiary/aromatic N) is 1. The van der Waals surface area contributed by atoms with Crippen molar-refractivity contribution in [1.82, 2.24) is 4.90 Å². The van der Waals surface area contributed by atoms with Gasteiger partial charge in [-0.25, -0.2) is 0 Å². The lowest BCUT2D eigenvalue weighted by Crippen LogP contribution is -2.35. The molecule has 1 fully saturated rings. The first-order valence-electron chi connectivity index (χ1n) is 9.14. The van der Waals surface area contributed by atoms with Gasteiger partial charge >= 0.3 is 5.97 Å². The molecule has 0 bridgehead atoms. The largest absolute Gasteiger partial charge is 0.489 e. The van der Waals surface area contributed by atoms with Crippen molar-refractivity contribution in [2.45, 2.75) is 26.6 Å². The fraction of sp³-hybridized carbons (Fsp3) is 0.227. The second-order valence-electron chi connectivity index (χ2n) is 6.65. The minimum Gasteiger partial charge on any atom is -0.489 e.